The largest absolute Gasteiger partial charge is 0.224 e. The van der Waals surface area contributed by atoms with E-state index in [9.17, 15) is 8.42 Å². The Bertz CT molecular complexity index is 835. The average Bonchev–Trinajstić information content (AvgIpc) is 3.06. The highest BCUT2D eigenvalue weighted by Gasteiger charge is 2.16. The van der Waals surface area contributed by atoms with Gasteiger partial charge in [-0.1, -0.05) is 24.3 Å². The van der Waals surface area contributed by atoms with E-state index in [-0.39, 0.29) is 0 Å². The molecule has 0 saturated carbocycles. The molecule has 1 aliphatic rings. The van der Waals surface area contributed by atoms with Gasteiger partial charge in [-0.2, -0.15) is 0 Å². The Balaban J connectivity index is 1.96. The first kappa shape index (κ1) is 14.3. The molecule has 21 heavy (non-hydrogen) atoms. The van der Waals surface area contributed by atoms with Gasteiger partial charge in [0, 0.05) is 11.1 Å². The lowest BCUT2D eigenvalue weighted by molar-refractivity contribution is 0.602. The summed E-state index contributed by atoms with van der Waals surface area (Å²) < 4.78 is 23.1. The predicted octanol–water partition coefficient (Wildman–Crippen LogP) is 4.33. The Morgan fingerprint density at radius 1 is 1.05 bits per heavy atom. The molecule has 0 spiro atoms. The normalized spacial score (nSPS) is 15.0. The summed E-state index contributed by atoms with van der Waals surface area (Å²) in [6.45, 7) is 2.10. The van der Waals surface area contributed by atoms with E-state index in [0.29, 0.717) is 4.90 Å². The number of thiophene rings is 1. The fraction of sp³-hybridized carbons (Fsp3) is 0.176. The molecule has 0 N–H and O–H groups in total. The van der Waals surface area contributed by atoms with Crippen LogP contribution in [-0.4, -0.2) is 14.7 Å². The monoisotopic (exact) mass is 316 g/mol. The first-order chi connectivity index (χ1) is 9.95. The summed E-state index contributed by atoms with van der Waals surface area (Å²) >= 11 is 1.75. The van der Waals surface area contributed by atoms with Crippen LogP contribution in [0.5, 0.6) is 0 Å². The zero-order valence-electron chi connectivity index (χ0n) is 12.0. The topological polar surface area (TPSA) is 34.1 Å². The SMILES string of the molecule is Cc1csc(C2=CCC=C2c2ccc(S(C)(=O)=O)cc2)c1. The molecule has 3 rings (SSSR count). The predicted molar refractivity (Wildman–Crippen MR) is 89.2 cm³/mol. The summed E-state index contributed by atoms with van der Waals surface area (Å²) in [6, 6.07) is 9.34. The van der Waals surface area contributed by atoms with E-state index in [2.05, 4.69) is 30.5 Å². The van der Waals surface area contributed by atoms with Crippen molar-refractivity contribution in [2.75, 3.05) is 6.26 Å². The van der Waals surface area contributed by atoms with E-state index < -0.39 is 9.84 Å². The summed E-state index contributed by atoms with van der Waals surface area (Å²) in [5, 5.41) is 2.15. The highest BCUT2D eigenvalue weighted by Crippen LogP contribution is 2.38. The van der Waals surface area contributed by atoms with Crippen LogP contribution < -0.4 is 0 Å². The summed E-state index contributed by atoms with van der Waals surface area (Å²) in [7, 11) is -3.14. The second-order valence-electron chi connectivity index (χ2n) is 5.26. The van der Waals surface area contributed by atoms with Crippen LogP contribution in [0.2, 0.25) is 0 Å². The fourth-order valence-electron chi connectivity index (χ4n) is 2.48. The van der Waals surface area contributed by atoms with Crippen molar-refractivity contribution < 1.29 is 8.42 Å². The van der Waals surface area contributed by atoms with Crippen molar-refractivity contribution in [3.05, 3.63) is 63.9 Å². The molecular formula is C17H16O2S2. The Hall–Kier alpha value is -1.65. The molecule has 0 aliphatic heterocycles. The standard InChI is InChI=1S/C17H16O2S2/c1-12-10-17(20-11-12)16-5-3-4-15(16)13-6-8-14(9-7-13)21(2,18)19/h4-11H,3H2,1-2H3. The van der Waals surface area contributed by atoms with Crippen LogP contribution in [0.3, 0.4) is 0 Å². The van der Waals surface area contributed by atoms with Gasteiger partial charge in [-0.05, 0) is 59.2 Å². The number of hydrogen-bond acceptors (Lipinski definition) is 3. The van der Waals surface area contributed by atoms with Gasteiger partial charge in [-0.3, -0.25) is 0 Å². The first-order valence-corrected chi connectivity index (χ1v) is 9.49. The molecule has 4 heteroatoms. The number of sulfone groups is 1. The van der Waals surface area contributed by atoms with Crippen LogP contribution in [0.1, 0.15) is 22.4 Å². The van der Waals surface area contributed by atoms with Gasteiger partial charge >= 0.3 is 0 Å². The number of aryl methyl sites for hydroxylation is 1. The molecule has 1 aromatic carbocycles. The lowest BCUT2D eigenvalue weighted by atomic mass is 9.99. The van der Waals surface area contributed by atoms with Gasteiger partial charge < -0.3 is 0 Å². The molecule has 0 radical (unpaired) electrons. The summed E-state index contributed by atoms with van der Waals surface area (Å²) in [6.07, 6.45) is 6.58. The highest BCUT2D eigenvalue weighted by atomic mass is 32.2. The van der Waals surface area contributed by atoms with Crippen molar-refractivity contribution in [2.45, 2.75) is 18.2 Å². The maximum absolute atomic E-state index is 11.5. The molecule has 0 atom stereocenters. The molecule has 1 aromatic heterocycles. The summed E-state index contributed by atoms with van der Waals surface area (Å²) in [5.41, 5.74) is 4.78. The van der Waals surface area contributed by atoms with Crippen LogP contribution in [0.15, 0.2) is 52.8 Å². The Kier molecular flexibility index (Phi) is 3.59. The first-order valence-electron chi connectivity index (χ1n) is 6.72. The smallest absolute Gasteiger partial charge is 0.175 e. The molecule has 0 bridgehead atoms. The lowest BCUT2D eigenvalue weighted by Crippen LogP contribution is -1.97. The van der Waals surface area contributed by atoms with Gasteiger partial charge in [0.1, 0.15) is 0 Å². The molecule has 0 saturated heterocycles. The van der Waals surface area contributed by atoms with Gasteiger partial charge in [0.15, 0.2) is 9.84 Å². The van der Waals surface area contributed by atoms with Crippen molar-refractivity contribution >= 4 is 32.3 Å². The summed E-state index contributed by atoms with van der Waals surface area (Å²) in [4.78, 5) is 1.63. The fourth-order valence-corrected chi connectivity index (χ4v) is 4.06. The van der Waals surface area contributed by atoms with Crippen LogP contribution in [0.4, 0.5) is 0 Å². The van der Waals surface area contributed by atoms with Crippen molar-refractivity contribution in [2.24, 2.45) is 0 Å². The van der Waals surface area contributed by atoms with Crippen LogP contribution in [0.25, 0.3) is 11.1 Å². The molecule has 1 aliphatic carbocycles. The lowest BCUT2D eigenvalue weighted by Gasteiger charge is -2.08. The molecule has 0 amide bonds. The minimum absolute atomic E-state index is 0.363. The quantitative estimate of drug-likeness (QED) is 0.844. The number of rotatable bonds is 3. The molecule has 2 nitrogen and oxygen atoms in total. The third-order valence-electron chi connectivity index (χ3n) is 3.52. The molecule has 2 aromatic rings. The molecule has 1 heterocycles. The van der Waals surface area contributed by atoms with Crippen molar-refractivity contribution in [1.82, 2.24) is 0 Å². The van der Waals surface area contributed by atoms with E-state index in [1.165, 1.54) is 27.8 Å². The van der Waals surface area contributed by atoms with E-state index in [1.54, 1.807) is 23.5 Å². The van der Waals surface area contributed by atoms with Crippen LogP contribution in [0, 0.1) is 6.92 Å². The Morgan fingerprint density at radius 3 is 2.29 bits per heavy atom. The van der Waals surface area contributed by atoms with E-state index >= 15 is 0 Å². The zero-order valence-corrected chi connectivity index (χ0v) is 13.6. The molecule has 0 unspecified atom stereocenters. The van der Waals surface area contributed by atoms with Gasteiger partial charge in [0.25, 0.3) is 0 Å². The molecule has 0 fully saturated rings. The summed E-state index contributed by atoms with van der Waals surface area (Å²) in [5.74, 6) is 0. The average molecular weight is 316 g/mol. The number of allylic oxidation sites excluding steroid dienone is 4. The van der Waals surface area contributed by atoms with Gasteiger partial charge in [0.2, 0.25) is 0 Å². The highest BCUT2D eigenvalue weighted by molar-refractivity contribution is 7.90. The van der Waals surface area contributed by atoms with Gasteiger partial charge in [-0.25, -0.2) is 8.42 Å². The maximum Gasteiger partial charge on any atom is 0.175 e. The van der Waals surface area contributed by atoms with E-state index in [4.69, 9.17) is 0 Å². The second-order valence-corrected chi connectivity index (χ2v) is 8.18. The number of benzene rings is 1. The van der Waals surface area contributed by atoms with Crippen molar-refractivity contribution in [3.8, 4) is 0 Å². The molecule has 108 valence electrons. The van der Waals surface area contributed by atoms with Crippen molar-refractivity contribution in [3.63, 3.8) is 0 Å². The molecular weight excluding hydrogens is 300 g/mol. The van der Waals surface area contributed by atoms with Crippen LogP contribution in [-0.2, 0) is 9.84 Å². The third kappa shape index (κ3) is 2.87. The second kappa shape index (κ2) is 5.28. The Morgan fingerprint density at radius 2 is 1.71 bits per heavy atom. The van der Waals surface area contributed by atoms with Crippen LogP contribution >= 0.6 is 11.3 Å². The van der Waals surface area contributed by atoms with E-state index in [0.717, 1.165) is 12.0 Å². The third-order valence-corrected chi connectivity index (χ3v) is 5.73. The van der Waals surface area contributed by atoms with Gasteiger partial charge in [0.05, 0.1) is 4.90 Å². The number of hydrogen-bond donors (Lipinski definition) is 0. The Labute approximate surface area is 129 Å². The zero-order chi connectivity index (χ0) is 15.0. The maximum atomic E-state index is 11.5. The minimum Gasteiger partial charge on any atom is -0.224 e. The van der Waals surface area contributed by atoms with E-state index in [1.807, 2.05) is 12.1 Å². The van der Waals surface area contributed by atoms with Gasteiger partial charge in [-0.15, -0.1) is 11.3 Å². The minimum atomic E-state index is -3.14. The van der Waals surface area contributed by atoms with Crippen molar-refractivity contribution in [1.29, 1.82) is 0 Å².